The van der Waals surface area contributed by atoms with Gasteiger partial charge < -0.3 is 10.2 Å². The van der Waals surface area contributed by atoms with Crippen molar-refractivity contribution < 1.29 is 4.79 Å². The summed E-state index contributed by atoms with van der Waals surface area (Å²) in [6.07, 6.45) is 7.50. The van der Waals surface area contributed by atoms with Crippen LogP contribution in [0, 0.1) is 0 Å². The minimum Gasteiger partial charge on any atom is -0.340 e. The van der Waals surface area contributed by atoms with Crippen LogP contribution in [0.2, 0.25) is 0 Å². The summed E-state index contributed by atoms with van der Waals surface area (Å²) >= 11 is 0. The van der Waals surface area contributed by atoms with Crippen LogP contribution >= 0.6 is 0 Å². The van der Waals surface area contributed by atoms with Crippen molar-refractivity contribution in [1.82, 2.24) is 14.9 Å². The molecule has 1 heterocycles. The molecule has 0 spiro atoms. The Balaban J connectivity index is 1.44. The third kappa shape index (κ3) is 4.62. The Hall–Kier alpha value is -3.21. The third-order valence-electron chi connectivity index (χ3n) is 5.58. The van der Waals surface area contributed by atoms with Crippen LogP contribution in [0.1, 0.15) is 42.5 Å². The Morgan fingerprint density at radius 2 is 1.69 bits per heavy atom. The van der Waals surface area contributed by atoms with Crippen LogP contribution in [-0.4, -0.2) is 33.9 Å². The molecule has 148 valence electrons. The van der Waals surface area contributed by atoms with Crippen LogP contribution in [0.5, 0.6) is 0 Å². The number of hydrogen-bond acceptors (Lipinski definition) is 4. The molecule has 1 saturated carbocycles. The van der Waals surface area contributed by atoms with Gasteiger partial charge >= 0.3 is 0 Å². The van der Waals surface area contributed by atoms with E-state index in [9.17, 15) is 4.79 Å². The van der Waals surface area contributed by atoms with E-state index < -0.39 is 0 Å². The van der Waals surface area contributed by atoms with Crippen LogP contribution < -0.4 is 5.32 Å². The molecule has 0 atom stereocenters. The molecule has 4 rings (SSSR count). The first-order valence-corrected chi connectivity index (χ1v) is 10.2. The zero-order chi connectivity index (χ0) is 20.1. The first-order chi connectivity index (χ1) is 14.2. The van der Waals surface area contributed by atoms with Crippen LogP contribution in [0.15, 0.2) is 67.0 Å². The van der Waals surface area contributed by atoms with Gasteiger partial charge in [-0.15, -0.1) is 0 Å². The van der Waals surface area contributed by atoms with Crippen molar-refractivity contribution in [1.29, 1.82) is 0 Å². The lowest BCUT2D eigenvalue weighted by Gasteiger charge is -2.31. The van der Waals surface area contributed by atoms with Crippen molar-refractivity contribution in [3.05, 3.63) is 72.6 Å². The van der Waals surface area contributed by atoms with Crippen LogP contribution in [0.25, 0.3) is 11.3 Å². The lowest BCUT2D eigenvalue weighted by molar-refractivity contribution is 0.0696. The first-order valence-electron chi connectivity index (χ1n) is 10.2. The molecule has 0 bridgehead atoms. The summed E-state index contributed by atoms with van der Waals surface area (Å²) in [5.41, 5.74) is 3.52. The predicted molar refractivity (Wildman–Crippen MR) is 116 cm³/mol. The summed E-state index contributed by atoms with van der Waals surface area (Å²) in [5, 5.41) is 3.30. The largest absolute Gasteiger partial charge is 0.340 e. The highest BCUT2D eigenvalue weighted by Crippen LogP contribution is 2.24. The standard InChI is InChI=1S/C24H26N4O/c1-28(21-10-6-3-7-11-21)24(29)19-12-14-20(15-13-19)27-23-16-22(25-17-26-23)18-8-4-2-5-9-18/h2,4-5,8-9,12-17,21H,3,6-7,10-11H2,1H3,(H,25,26,27). The highest BCUT2D eigenvalue weighted by atomic mass is 16.2. The van der Waals surface area contributed by atoms with E-state index in [1.54, 1.807) is 6.33 Å². The summed E-state index contributed by atoms with van der Waals surface area (Å²) < 4.78 is 0. The average molecular weight is 386 g/mol. The number of amides is 1. The molecule has 1 fully saturated rings. The molecular weight excluding hydrogens is 360 g/mol. The molecule has 0 saturated heterocycles. The lowest BCUT2D eigenvalue weighted by atomic mass is 9.94. The smallest absolute Gasteiger partial charge is 0.253 e. The molecule has 1 aromatic heterocycles. The lowest BCUT2D eigenvalue weighted by Crippen LogP contribution is -2.38. The molecule has 3 aromatic rings. The number of rotatable bonds is 5. The Morgan fingerprint density at radius 3 is 2.41 bits per heavy atom. The van der Waals surface area contributed by atoms with Crippen LogP contribution in [-0.2, 0) is 0 Å². The normalized spacial score (nSPS) is 14.4. The highest BCUT2D eigenvalue weighted by Gasteiger charge is 2.22. The zero-order valence-electron chi connectivity index (χ0n) is 16.7. The Labute approximate surface area is 171 Å². The van der Waals surface area contributed by atoms with E-state index in [1.807, 2.05) is 72.6 Å². The molecule has 1 aliphatic rings. The van der Waals surface area contributed by atoms with Gasteiger partial charge in [-0.25, -0.2) is 9.97 Å². The SMILES string of the molecule is CN(C(=O)c1ccc(Nc2cc(-c3ccccc3)ncn2)cc1)C1CCCCC1. The molecule has 2 aromatic carbocycles. The molecule has 0 radical (unpaired) electrons. The number of aromatic nitrogens is 2. The number of nitrogens with one attached hydrogen (secondary N) is 1. The van der Waals surface area contributed by atoms with Gasteiger partial charge in [-0.2, -0.15) is 0 Å². The summed E-state index contributed by atoms with van der Waals surface area (Å²) in [6, 6.07) is 19.9. The number of hydrogen-bond donors (Lipinski definition) is 1. The predicted octanol–water partition coefficient (Wildman–Crippen LogP) is 5.29. The maximum atomic E-state index is 12.8. The monoisotopic (exact) mass is 386 g/mol. The van der Waals surface area contributed by atoms with Crippen molar-refractivity contribution in [2.45, 2.75) is 38.1 Å². The maximum absolute atomic E-state index is 12.8. The second-order valence-electron chi connectivity index (χ2n) is 7.56. The van der Waals surface area contributed by atoms with Crippen molar-refractivity contribution in [2.24, 2.45) is 0 Å². The molecule has 5 nitrogen and oxygen atoms in total. The van der Waals surface area contributed by atoms with E-state index in [0.717, 1.165) is 41.2 Å². The van der Waals surface area contributed by atoms with Crippen LogP contribution in [0.4, 0.5) is 11.5 Å². The van der Waals surface area contributed by atoms with E-state index in [4.69, 9.17) is 0 Å². The Morgan fingerprint density at radius 1 is 0.966 bits per heavy atom. The second-order valence-corrected chi connectivity index (χ2v) is 7.56. The maximum Gasteiger partial charge on any atom is 0.253 e. The number of carbonyl (C=O) groups excluding carboxylic acids is 1. The minimum atomic E-state index is 0.0943. The molecule has 29 heavy (non-hydrogen) atoms. The van der Waals surface area contributed by atoms with Crippen LogP contribution in [0.3, 0.4) is 0 Å². The molecule has 5 heteroatoms. The molecule has 1 N–H and O–H groups in total. The molecule has 1 amide bonds. The molecule has 0 unspecified atom stereocenters. The molecule has 0 aliphatic heterocycles. The number of benzene rings is 2. The van der Waals surface area contributed by atoms with Gasteiger partial charge in [0.05, 0.1) is 5.69 Å². The Bertz CT molecular complexity index is 950. The molecular formula is C24H26N4O. The number of anilines is 2. The van der Waals surface area contributed by atoms with E-state index in [1.165, 1.54) is 19.3 Å². The second kappa shape index (κ2) is 8.86. The van der Waals surface area contributed by atoms with Gasteiger partial charge in [-0.05, 0) is 37.1 Å². The number of nitrogens with zero attached hydrogens (tertiary/aromatic N) is 3. The van der Waals surface area contributed by atoms with Gasteiger partial charge in [-0.1, -0.05) is 49.6 Å². The fourth-order valence-electron chi connectivity index (χ4n) is 3.87. The van der Waals surface area contributed by atoms with Gasteiger partial charge in [0.15, 0.2) is 0 Å². The first kappa shape index (κ1) is 19.1. The zero-order valence-corrected chi connectivity index (χ0v) is 16.7. The van der Waals surface area contributed by atoms with Gasteiger partial charge in [0.1, 0.15) is 12.1 Å². The number of carbonyl (C=O) groups is 1. The van der Waals surface area contributed by atoms with E-state index in [2.05, 4.69) is 15.3 Å². The Kier molecular flexibility index (Phi) is 5.84. The topological polar surface area (TPSA) is 58.1 Å². The van der Waals surface area contributed by atoms with Crippen molar-refractivity contribution >= 4 is 17.4 Å². The quantitative estimate of drug-likeness (QED) is 0.647. The van der Waals surface area contributed by atoms with Gasteiger partial charge in [0, 0.05) is 36.0 Å². The minimum absolute atomic E-state index is 0.0943. The van der Waals surface area contributed by atoms with Gasteiger partial charge in [-0.3, -0.25) is 4.79 Å². The summed E-state index contributed by atoms with van der Waals surface area (Å²) in [4.78, 5) is 23.4. The van der Waals surface area contributed by atoms with Crippen molar-refractivity contribution in [3.8, 4) is 11.3 Å². The fraction of sp³-hybridized carbons (Fsp3) is 0.292. The summed E-state index contributed by atoms with van der Waals surface area (Å²) in [5.74, 6) is 0.814. The summed E-state index contributed by atoms with van der Waals surface area (Å²) in [6.45, 7) is 0. The third-order valence-corrected chi connectivity index (χ3v) is 5.58. The van der Waals surface area contributed by atoms with E-state index in [-0.39, 0.29) is 5.91 Å². The summed E-state index contributed by atoms with van der Waals surface area (Å²) in [7, 11) is 1.93. The van der Waals surface area contributed by atoms with E-state index in [0.29, 0.717) is 6.04 Å². The fourth-order valence-corrected chi connectivity index (χ4v) is 3.87. The van der Waals surface area contributed by atoms with Crippen molar-refractivity contribution in [2.75, 3.05) is 12.4 Å². The van der Waals surface area contributed by atoms with Crippen molar-refractivity contribution in [3.63, 3.8) is 0 Å². The van der Waals surface area contributed by atoms with E-state index >= 15 is 0 Å². The molecule has 1 aliphatic carbocycles. The highest BCUT2D eigenvalue weighted by molar-refractivity contribution is 5.94. The van der Waals surface area contributed by atoms with Gasteiger partial charge in [0.25, 0.3) is 5.91 Å². The average Bonchev–Trinajstić information content (AvgIpc) is 2.80. The van der Waals surface area contributed by atoms with Gasteiger partial charge in [0.2, 0.25) is 0 Å².